The summed E-state index contributed by atoms with van der Waals surface area (Å²) in [6.07, 6.45) is 0.673. The SMILES string of the molecule is [NH3+]CC(O)CNC(=O)[C@@H](Cc1cccc2ccccc12)NC(=O)CCCN1C(=O)CCSc2ccccc21. The molecular weight excluding hydrogens is 500 g/mol. The first kappa shape index (κ1) is 27.6. The average Bonchev–Trinajstić information content (AvgIpc) is 3.09. The number of quaternary nitrogens is 1. The van der Waals surface area contributed by atoms with E-state index in [2.05, 4.69) is 16.4 Å². The zero-order valence-corrected chi connectivity index (χ0v) is 22.2. The first-order valence-electron chi connectivity index (χ1n) is 13.0. The van der Waals surface area contributed by atoms with Crippen LogP contribution in [-0.2, 0) is 20.8 Å². The van der Waals surface area contributed by atoms with Crippen molar-refractivity contribution >= 4 is 45.9 Å². The number of hydrogen-bond acceptors (Lipinski definition) is 5. The molecule has 0 saturated heterocycles. The van der Waals surface area contributed by atoms with Crippen LogP contribution in [-0.4, -0.2) is 60.4 Å². The van der Waals surface area contributed by atoms with Crippen LogP contribution in [0.5, 0.6) is 0 Å². The van der Waals surface area contributed by atoms with Gasteiger partial charge in [0, 0.05) is 43.0 Å². The second kappa shape index (κ2) is 13.4. The number of carbonyl (C=O) groups excluding carboxylic acids is 3. The van der Waals surface area contributed by atoms with Crippen molar-refractivity contribution in [3.63, 3.8) is 0 Å². The minimum atomic E-state index is -0.803. The van der Waals surface area contributed by atoms with Gasteiger partial charge in [0.25, 0.3) is 0 Å². The summed E-state index contributed by atoms with van der Waals surface area (Å²) >= 11 is 1.67. The monoisotopic (exact) mass is 535 g/mol. The first-order chi connectivity index (χ1) is 18.5. The van der Waals surface area contributed by atoms with E-state index in [0.29, 0.717) is 25.8 Å². The maximum Gasteiger partial charge on any atom is 0.243 e. The number of nitrogens with zero attached hydrogens (tertiary/aromatic N) is 1. The molecule has 2 atom stereocenters. The number of nitrogens with one attached hydrogen (secondary N) is 2. The summed E-state index contributed by atoms with van der Waals surface area (Å²) in [6.45, 7) is 0.774. The Hall–Kier alpha value is -3.40. The summed E-state index contributed by atoms with van der Waals surface area (Å²) in [5.74, 6) is 0.182. The highest BCUT2D eigenvalue weighted by molar-refractivity contribution is 7.99. The minimum Gasteiger partial charge on any atom is -0.385 e. The number of thioether (sulfide) groups is 1. The third kappa shape index (κ3) is 7.12. The van der Waals surface area contributed by atoms with Gasteiger partial charge in [-0.1, -0.05) is 54.6 Å². The topological polar surface area (TPSA) is 126 Å². The lowest BCUT2D eigenvalue weighted by molar-refractivity contribution is -0.383. The molecule has 200 valence electrons. The molecule has 0 saturated carbocycles. The van der Waals surface area contributed by atoms with Gasteiger partial charge in [-0.05, 0) is 34.9 Å². The van der Waals surface area contributed by atoms with Gasteiger partial charge in [-0.25, -0.2) is 0 Å². The Balaban J connectivity index is 1.42. The van der Waals surface area contributed by atoms with Gasteiger partial charge in [0.1, 0.15) is 18.7 Å². The molecule has 0 fully saturated rings. The molecule has 1 aliphatic heterocycles. The van der Waals surface area contributed by atoms with Crippen molar-refractivity contribution in [1.29, 1.82) is 0 Å². The fourth-order valence-electron chi connectivity index (χ4n) is 4.57. The van der Waals surface area contributed by atoms with Crippen LogP contribution in [0.15, 0.2) is 71.6 Å². The molecule has 3 aromatic carbocycles. The van der Waals surface area contributed by atoms with Crippen LogP contribution in [0.3, 0.4) is 0 Å². The molecule has 0 spiro atoms. The van der Waals surface area contributed by atoms with E-state index in [1.165, 1.54) is 0 Å². The number of aliphatic hydroxyl groups excluding tert-OH is 1. The summed E-state index contributed by atoms with van der Waals surface area (Å²) in [5, 5.41) is 17.6. The van der Waals surface area contributed by atoms with Crippen molar-refractivity contribution < 1.29 is 25.2 Å². The van der Waals surface area contributed by atoms with Gasteiger partial charge in [0.15, 0.2) is 0 Å². The zero-order valence-electron chi connectivity index (χ0n) is 21.4. The van der Waals surface area contributed by atoms with Crippen LogP contribution >= 0.6 is 11.8 Å². The molecule has 0 bridgehead atoms. The fraction of sp³-hybridized carbons (Fsp3) is 0.345. The van der Waals surface area contributed by atoms with E-state index in [-0.39, 0.29) is 37.2 Å². The van der Waals surface area contributed by atoms with Crippen molar-refractivity contribution in [2.75, 3.05) is 30.3 Å². The van der Waals surface area contributed by atoms with Crippen LogP contribution in [0.4, 0.5) is 5.69 Å². The molecule has 0 aliphatic carbocycles. The van der Waals surface area contributed by atoms with Gasteiger partial charge >= 0.3 is 0 Å². The molecule has 3 aromatic rings. The Morgan fingerprint density at radius 3 is 2.66 bits per heavy atom. The van der Waals surface area contributed by atoms with E-state index in [1.54, 1.807) is 16.7 Å². The summed E-state index contributed by atoms with van der Waals surface area (Å²) in [7, 11) is 0. The number of amides is 3. The van der Waals surface area contributed by atoms with Crippen molar-refractivity contribution in [2.45, 2.75) is 42.7 Å². The van der Waals surface area contributed by atoms with Crippen molar-refractivity contribution in [1.82, 2.24) is 10.6 Å². The number of aliphatic hydroxyl groups is 1. The van der Waals surface area contributed by atoms with Crippen molar-refractivity contribution in [3.05, 3.63) is 72.3 Å². The van der Waals surface area contributed by atoms with Crippen molar-refractivity contribution in [3.8, 4) is 0 Å². The smallest absolute Gasteiger partial charge is 0.243 e. The highest BCUT2D eigenvalue weighted by Crippen LogP contribution is 2.34. The standard InChI is InChI=1S/C29H34N4O4S/c30-18-22(34)19-31-29(37)24(17-21-9-5-8-20-7-1-2-10-23(20)21)32-27(35)13-6-15-33-25-11-3-4-12-26(25)38-16-14-28(33)36/h1-5,7-12,22,24,34H,6,13-19,30H2,(H,31,37)(H,32,35)/p+1/t22?,24-/m1/s1. The molecule has 8 nitrogen and oxygen atoms in total. The Morgan fingerprint density at radius 1 is 1.05 bits per heavy atom. The number of carbonyl (C=O) groups is 3. The van der Waals surface area contributed by atoms with Gasteiger partial charge in [0.05, 0.1) is 5.69 Å². The molecule has 0 radical (unpaired) electrons. The van der Waals surface area contributed by atoms with Gasteiger partial charge in [-0.2, -0.15) is 0 Å². The number of para-hydroxylation sites is 1. The predicted octanol–water partition coefficient (Wildman–Crippen LogP) is 1.90. The lowest BCUT2D eigenvalue weighted by Crippen LogP contribution is -2.58. The molecule has 0 aromatic heterocycles. The Labute approximate surface area is 227 Å². The van der Waals surface area contributed by atoms with E-state index in [9.17, 15) is 19.5 Å². The maximum atomic E-state index is 13.1. The second-order valence-electron chi connectivity index (χ2n) is 9.37. The highest BCUT2D eigenvalue weighted by atomic mass is 32.2. The molecule has 1 aliphatic rings. The van der Waals surface area contributed by atoms with E-state index in [0.717, 1.165) is 32.7 Å². The average molecular weight is 536 g/mol. The van der Waals surface area contributed by atoms with Gasteiger partial charge in [-0.15, -0.1) is 11.8 Å². The number of rotatable bonds is 11. The number of hydrogen-bond donors (Lipinski definition) is 4. The minimum absolute atomic E-state index is 0.0556. The molecule has 1 heterocycles. The molecule has 6 N–H and O–H groups in total. The Bertz CT molecular complexity index is 1280. The molecule has 4 rings (SSSR count). The van der Waals surface area contributed by atoms with Crippen LogP contribution in [0.2, 0.25) is 0 Å². The molecule has 1 unspecified atom stereocenters. The van der Waals surface area contributed by atoms with Crippen molar-refractivity contribution in [2.24, 2.45) is 0 Å². The lowest BCUT2D eigenvalue weighted by Gasteiger charge is -2.23. The quantitative estimate of drug-likeness (QED) is 0.298. The van der Waals surface area contributed by atoms with Crippen LogP contribution in [0.25, 0.3) is 10.8 Å². The van der Waals surface area contributed by atoms with Gasteiger partial charge < -0.3 is 26.4 Å². The summed E-state index contributed by atoms with van der Waals surface area (Å²) < 4.78 is 0. The van der Waals surface area contributed by atoms with Crippen LogP contribution < -0.4 is 21.3 Å². The molecular formula is C29H35N4O4S+. The van der Waals surface area contributed by atoms with E-state index in [1.807, 2.05) is 66.7 Å². The van der Waals surface area contributed by atoms with Crippen LogP contribution in [0.1, 0.15) is 24.8 Å². The Morgan fingerprint density at radius 2 is 1.82 bits per heavy atom. The van der Waals surface area contributed by atoms with Gasteiger partial charge in [-0.3, -0.25) is 14.4 Å². The summed E-state index contributed by atoms with van der Waals surface area (Å²) in [6, 6.07) is 20.9. The maximum absolute atomic E-state index is 13.1. The second-order valence-corrected chi connectivity index (χ2v) is 10.5. The van der Waals surface area contributed by atoms with Gasteiger partial charge in [0.2, 0.25) is 17.7 Å². The number of fused-ring (bicyclic) bond motifs is 2. The molecule has 3 amide bonds. The molecule has 38 heavy (non-hydrogen) atoms. The zero-order chi connectivity index (χ0) is 26.9. The van der Waals surface area contributed by atoms with Crippen LogP contribution in [0, 0.1) is 0 Å². The number of anilines is 1. The molecule has 9 heteroatoms. The summed E-state index contributed by atoms with van der Waals surface area (Å²) in [5.41, 5.74) is 5.49. The normalized spacial score (nSPS) is 14.9. The first-order valence-corrected chi connectivity index (χ1v) is 14.0. The van der Waals surface area contributed by atoms with E-state index in [4.69, 9.17) is 0 Å². The summed E-state index contributed by atoms with van der Waals surface area (Å²) in [4.78, 5) is 41.6. The fourth-order valence-corrected chi connectivity index (χ4v) is 5.57. The predicted molar refractivity (Wildman–Crippen MR) is 150 cm³/mol. The Kier molecular flexibility index (Phi) is 9.75. The van der Waals surface area contributed by atoms with E-state index >= 15 is 0 Å². The lowest BCUT2D eigenvalue weighted by atomic mass is 9.98. The number of benzene rings is 3. The third-order valence-electron chi connectivity index (χ3n) is 6.62. The highest BCUT2D eigenvalue weighted by Gasteiger charge is 2.25. The third-order valence-corrected chi connectivity index (χ3v) is 7.68. The van der Waals surface area contributed by atoms with E-state index < -0.39 is 12.1 Å². The largest absolute Gasteiger partial charge is 0.385 e.